The molecule has 3 aromatic carbocycles. The lowest BCUT2D eigenvalue weighted by molar-refractivity contribution is -0.149. The number of hydrogen-bond donors (Lipinski definition) is 1. The van der Waals surface area contributed by atoms with Crippen molar-refractivity contribution in [2.24, 2.45) is 0 Å². The maximum atomic E-state index is 13.2. The Morgan fingerprint density at radius 2 is 1.69 bits per heavy atom. The molecule has 0 aromatic heterocycles. The van der Waals surface area contributed by atoms with Crippen molar-refractivity contribution >= 4 is 40.5 Å². The van der Waals surface area contributed by atoms with Gasteiger partial charge in [-0.15, -0.1) is 11.8 Å². The third-order valence-electron chi connectivity index (χ3n) is 5.52. The summed E-state index contributed by atoms with van der Waals surface area (Å²) in [5, 5.41) is 9.19. The smallest absolute Gasteiger partial charge is 0.327 e. The number of nitrogens with zero attached hydrogens (tertiary/aromatic N) is 1. The summed E-state index contributed by atoms with van der Waals surface area (Å²) in [7, 11) is 0. The maximum absolute atomic E-state index is 13.2. The van der Waals surface area contributed by atoms with Crippen LogP contribution < -0.4 is 4.74 Å². The normalized spacial score (nSPS) is 17.2. The lowest BCUT2D eigenvalue weighted by atomic mass is 10.1. The van der Waals surface area contributed by atoms with Gasteiger partial charge in [-0.2, -0.15) is 0 Å². The van der Waals surface area contributed by atoms with Gasteiger partial charge in [-0.1, -0.05) is 84.6 Å². The van der Waals surface area contributed by atoms with E-state index in [0.29, 0.717) is 23.7 Å². The zero-order chi connectivity index (χ0) is 24.6. The summed E-state index contributed by atoms with van der Waals surface area (Å²) in [6.45, 7) is 0.412. The number of carbonyl (C=O) groups excluding carboxylic acids is 2. The number of carbonyl (C=O) groups is 3. The molecule has 8 heteroatoms. The van der Waals surface area contributed by atoms with Crippen molar-refractivity contribution in [2.45, 2.75) is 24.4 Å². The summed E-state index contributed by atoms with van der Waals surface area (Å²) in [5.74, 6) is -0.0689. The second-order valence-electron chi connectivity index (χ2n) is 7.94. The van der Waals surface area contributed by atoms with Gasteiger partial charge < -0.3 is 14.7 Å². The zero-order valence-electron chi connectivity index (χ0n) is 18.9. The molecule has 1 aliphatic heterocycles. The van der Waals surface area contributed by atoms with E-state index in [1.54, 1.807) is 24.3 Å². The zero-order valence-corrected chi connectivity index (χ0v) is 20.5. The monoisotopic (exact) mass is 507 g/mol. The molecule has 0 radical (unpaired) electrons. The van der Waals surface area contributed by atoms with Crippen LogP contribution in [0.4, 0.5) is 0 Å². The number of aliphatic carboxylic acids is 1. The highest BCUT2D eigenvalue weighted by Gasteiger charge is 2.42. The second-order valence-corrected chi connectivity index (χ2v) is 10.1. The molecule has 0 saturated carbocycles. The molecule has 1 amide bonds. The van der Waals surface area contributed by atoms with Gasteiger partial charge in [0.15, 0.2) is 0 Å². The molecule has 0 bridgehead atoms. The predicted molar refractivity (Wildman–Crippen MR) is 139 cm³/mol. The van der Waals surface area contributed by atoms with Gasteiger partial charge in [0.1, 0.15) is 23.8 Å². The second kappa shape index (κ2) is 12.0. The van der Waals surface area contributed by atoms with Crippen LogP contribution >= 0.6 is 23.5 Å². The molecule has 1 fully saturated rings. The molecule has 1 aliphatic rings. The Balaban J connectivity index is 1.42. The minimum absolute atomic E-state index is 0.0777. The average Bonchev–Trinajstić information content (AvgIpc) is 3.35. The molecule has 35 heavy (non-hydrogen) atoms. The molecule has 3 aromatic rings. The highest BCUT2D eigenvalue weighted by Crippen LogP contribution is 2.42. The van der Waals surface area contributed by atoms with Crippen LogP contribution in [-0.4, -0.2) is 44.5 Å². The van der Waals surface area contributed by atoms with Gasteiger partial charge in [0, 0.05) is 23.5 Å². The van der Waals surface area contributed by atoms with Gasteiger partial charge >= 0.3 is 5.97 Å². The van der Waals surface area contributed by atoms with Crippen molar-refractivity contribution in [1.82, 2.24) is 4.90 Å². The molecule has 2 atom stereocenters. The van der Waals surface area contributed by atoms with Gasteiger partial charge in [-0.25, -0.2) is 4.79 Å². The third-order valence-corrected chi connectivity index (χ3v) is 7.75. The first-order valence-corrected chi connectivity index (χ1v) is 13.2. The first-order valence-electron chi connectivity index (χ1n) is 11.2. The number of ether oxygens (including phenoxy) is 1. The van der Waals surface area contributed by atoms with E-state index in [1.807, 2.05) is 60.7 Å². The third kappa shape index (κ3) is 6.46. The van der Waals surface area contributed by atoms with E-state index in [2.05, 4.69) is 0 Å². The highest BCUT2D eigenvalue weighted by molar-refractivity contribution is 8.14. The van der Waals surface area contributed by atoms with Crippen molar-refractivity contribution in [3.63, 3.8) is 0 Å². The molecular formula is C27H25NO5S2. The standard InChI is InChI=1S/C27H25NO5S2/c29-24(14-15-34-27(32)20-10-5-2-6-11-20)28-23(26(30)31)18-35-25(28)21-12-7-13-22(16-21)33-17-19-8-3-1-4-9-19/h1-13,16,23,25H,14-15,17-18H2,(H,30,31)/t23-,25?/m0/s1. The molecule has 0 spiro atoms. The average molecular weight is 508 g/mol. The summed E-state index contributed by atoms with van der Waals surface area (Å²) in [5.41, 5.74) is 2.43. The number of carboxylic acids is 1. The number of benzene rings is 3. The quantitative estimate of drug-likeness (QED) is 0.423. The molecule has 0 aliphatic carbocycles. The van der Waals surface area contributed by atoms with Crippen LogP contribution in [0.15, 0.2) is 84.9 Å². The fraction of sp³-hybridized carbons (Fsp3) is 0.222. The lowest BCUT2D eigenvalue weighted by Gasteiger charge is -2.28. The van der Waals surface area contributed by atoms with Gasteiger partial charge in [-0.3, -0.25) is 9.59 Å². The van der Waals surface area contributed by atoms with Gasteiger partial charge in [0.2, 0.25) is 11.0 Å². The molecule has 180 valence electrons. The van der Waals surface area contributed by atoms with Crippen LogP contribution in [0.1, 0.15) is 33.3 Å². The summed E-state index contributed by atoms with van der Waals surface area (Å²) in [6, 6.07) is 25.2. The van der Waals surface area contributed by atoms with Crippen LogP contribution in [0.2, 0.25) is 0 Å². The van der Waals surface area contributed by atoms with Crippen molar-refractivity contribution < 1.29 is 24.2 Å². The summed E-state index contributed by atoms with van der Waals surface area (Å²) < 4.78 is 5.93. The Kier molecular flexibility index (Phi) is 8.50. The van der Waals surface area contributed by atoms with E-state index in [4.69, 9.17) is 4.74 Å². The Morgan fingerprint density at radius 3 is 2.40 bits per heavy atom. The van der Waals surface area contributed by atoms with Crippen LogP contribution in [-0.2, 0) is 16.2 Å². The SMILES string of the molecule is O=C(SCCC(=O)N1C(c2cccc(OCc3ccccc3)c2)SC[C@H]1C(=O)O)c1ccccc1. The Bertz CT molecular complexity index is 1170. The molecular weight excluding hydrogens is 482 g/mol. The Hall–Kier alpha value is -3.23. The maximum Gasteiger partial charge on any atom is 0.327 e. The number of rotatable bonds is 9. The summed E-state index contributed by atoms with van der Waals surface area (Å²) >= 11 is 2.49. The number of amides is 1. The van der Waals surface area contributed by atoms with E-state index in [-0.39, 0.29) is 23.2 Å². The van der Waals surface area contributed by atoms with Gasteiger partial charge in [-0.05, 0) is 23.3 Å². The Morgan fingerprint density at radius 1 is 0.971 bits per heavy atom. The van der Waals surface area contributed by atoms with Crippen molar-refractivity contribution in [1.29, 1.82) is 0 Å². The van der Waals surface area contributed by atoms with Crippen LogP contribution in [0, 0.1) is 0 Å². The van der Waals surface area contributed by atoms with Crippen LogP contribution in [0.5, 0.6) is 5.75 Å². The molecule has 1 unspecified atom stereocenters. The first-order chi connectivity index (χ1) is 17.0. The van der Waals surface area contributed by atoms with Crippen molar-refractivity contribution in [2.75, 3.05) is 11.5 Å². The van der Waals surface area contributed by atoms with Gasteiger partial charge in [0.25, 0.3) is 0 Å². The summed E-state index contributed by atoms with van der Waals surface area (Å²) in [6.07, 6.45) is 0.0777. The van der Waals surface area contributed by atoms with Crippen molar-refractivity contribution in [3.8, 4) is 5.75 Å². The fourth-order valence-corrected chi connectivity index (χ4v) is 5.97. The Labute approximate surface area is 212 Å². The molecule has 4 rings (SSSR count). The summed E-state index contributed by atoms with van der Waals surface area (Å²) in [4.78, 5) is 38.8. The highest BCUT2D eigenvalue weighted by atomic mass is 32.2. The minimum atomic E-state index is -1.03. The molecule has 1 saturated heterocycles. The van der Waals surface area contributed by atoms with E-state index in [1.165, 1.54) is 16.7 Å². The molecule has 1 N–H and O–H groups in total. The largest absolute Gasteiger partial charge is 0.489 e. The van der Waals surface area contributed by atoms with Crippen LogP contribution in [0.3, 0.4) is 0 Å². The van der Waals surface area contributed by atoms with Gasteiger partial charge in [0.05, 0.1) is 0 Å². The molecule has 1 heterocycles. The van der Waals surface area contributed by atoms with Crippen LogP contribution in [0.25, 0.3) is 0 Å². The van der Waals surface area contributed by atoms with E-state index >= 15 is 0 Å². The topological polar surface area (TPSA) is 83.9 Å². The number of carboxylic acid groups (broad SMARTS) is 1. The van der Waals surface area contributed by atoms with E-state index in [9.17, 15) is 19.5 Å². The minimum Gasteiger partial charge on any atom is -0.489 e. The van der Waals surface area contributed by atoms with E-state index in [0.717, 1.165) is 22.9 Å². The predicted octanol–water partition coefficient (Wildman–Crippen LogP) is 5.26. The number of hydrogen-bond acceptors (Lipinski definition) is 6. The van der Waals surface area contributed by atoms with E-state index < -0.39 is 17.4 Å². The first kappa shape index (κ1) is 24.9. The number of thioether (sulfide) groups is 2. The van der Waals surface area contributed by atoms with Crippen molar-refractivity contribution in [3.05, 3.63) is 102 Å². The lowest BCUT2D eigenvalue weighted by Crippen LogP contribution is -2.43. The molecule has 6 nitrogen and oxygen atoms in total. The fourth-order valence-electron chi connectivity index (χ4n) is 3.77.